The zero-order valence-corrected chi connectivity index (χ0v) is 60.2. The lowest BCUT2D eigenvalue weighted by Gasteiger charge is -2.32. The zero-order valence-electron chi connectivity index (χ0n) is 58.5. The summed E-state index contributed by atoms with van der Waals surface area (Å²) in [5, 5.41) is 15.8. The number of pyridine rings is 3. The first-order valence-electron chi connectivity index (χ1n) is 35.8. The number of nitrogens with one attached hydrogen (secondary N) is 1. The van der Waals surface area contributed by atoms with Crippen LogP contribution in [0.2, 0.25) is 0 Å². The molecule has 0 radical (unpaired) electrons. The Morgan fingerprint density at radius 3 is 1.42 bits per heavy atom. The average Bonchev–Trinajstić information content (AvgIpc) is 1.25. The molecule has 9 aromatic rings. The van der Waals surface area contributed by atoms with E-state index in [4.69, 9.17) is 6.57 Å². The molecule has 0 saturated carbocycles. The van der Waals surface area contributed by atoms with Crippen molar-refractivity contribution in [3.05, 3.63) is 203 Å². The predicted octanol–water partition coefficient (Wildman–Crippen LogP) is 11.6. The number of sulfonamides is 2. The van der Waals surface area contributed by atoms with Crippen LogP contribution in [0, 0.1) is 12.5 Å². The van der Waals surface area contributed by atoms with Gasteiger partial charge in [0.15, 0.2) is 5.69 Å². The van der Waals surface area contributed by atoms with Gasteiger partial charge in [-0.15, -0.1) is 0 Å². The van der Waals surface area contributed by atoms with Crippen molar-refractivity contribution in [1.29, 1.82) is 0 Å². The molecule has 5 aliphatic heterocycles. The largest absolute Gasteiger partial charge is 0.342 e. The van der Waals surface area contributed by atoms with E-state index in [-0.39, 0.29) is 46.3 Å². The van der Waals surface area contributed by atoms with E-state index in [2.05, 4.69) is 50.6 Å². The van der Waals surface area contributed by atoms with Gasteiger partial charge in [-0.05, 0) is 203 Å². The lowest BCUT2D eigenvalue weighted by Crippen LogP contribution is -2.38. The summed E-state index contributed by atoms with van der Waals surface area (Å²) in [5.41, 5.74) is 9.82. The smallest absolute Gasteiger partial charge is 0.257 e. The highest BCUT2D eigenvalue weighted by atomic mass is 32.2. The molecule has 0 spiro atoms. The topological polar surface area (TPSA) is 241 Å². The molecule has 0 aliphatic carbocycles. The standard InChI is InChI=1S/C27H29N5O2.C25H31N5O4S.C25H30N4O3S/c1-28-23-7-5-6-20(16-23)17-26(33)30-13-8-21(9-14-30)22-10-15-32-25(18-22)24(19-29-32)27(34)31-11-3-2-4-12-31;1-4-28(5-2)25(32)23-17-26-30-15-12-20(16-24(23)30)19-10-13-29(14-11-19)35(33,34)22-8-6-21(7-9-22)27-18(3)31;1-19-7-12-27(13-8-19)25(30)23-18-26-29-16-11-21(17-24(23)29)20-9-14-28(15-10-20)33(31,32)22-5-3-2-4-6-22/h5-7,10,15-16,18-19,21H,2-4,8-9,11-14,17H2;6-9,12,15-17,19H,4-5,10-11,13-14H2,1-3H3,(H,27,31);2-6,11,16-20H,7-10,12-15H2,1H3. The lowest BCUT2D eigenvalue weighted by molar-refractivity contribution is -0.131. The maximum atomic E-state index is 13.2. The summed E-state index contributed by atoms with van der Waals surface area (Å²) >= 11 is 0. The summed E-state index contributed by atoms with van der Waals surface area (Å²) in [6, 6.07) is 34.5. The number of hydrogen-bond donors (Lipinski definition) is 1. The van der Waals surface area contributed by atoms with E-state index in [1.807, 2.05) is 83.5 Å². The fraction of sp³-hybridized carbons (Fsp3) is 0.416. The van der Waals surface area contributed by atoms with E-state index < -0.39 is 20.0 Å². The van der Waals surface area contributed by atoms with Crippen molar-refractivity contribution >= 4 is 77.5 Å². The van der Waals surface area contributed by atoms with Crippen LogP contribution in [0.25, 0.3) is 21.4 Å². The van der Waals surface area contributed by atoms with Crippen LogP contribution in [-0.2, 0) is 36.1 Å². The number of aromatic nitrogens is 6. The molecule has 23 nitrogen and oxygen atoms in total. The van der Waals surface area contributed by atoms with E-state index in [0.717, 1.165) is 124 Å². The van der Waals surface area contributed by atoms with Crippen LogP contribution in [0.5, 0.6) is 0 Å². The lowest BCUT2D eigenvalue weighted by atomic mass is 9.89. The third kappa shape index (κ3) is 16.3. The molecule has 25 heteroatoms. The second kappa shape index (κ2) is 32.2. The minimum Gasteiger partial charge on any atom is -0.342 e. The van der Waals surface area contributed by atoms with Crippen LogP contribution in [-0.4, -0.2) is 182 Å². The highest BCUT2D eigenvalue weighted by molar-refractivity contribution is 7.89. The van der Waals surface area contributed by atoms with Crippen molar-refractivity contribution in [1.82, 2.24) is 57.1 Å². The molecular weight excluding hydrogens is 1330 g/mol. The molecule has 0 atom stereocenters. The van der Waals surface area contributed by atoms with Gasteiger partial charge in [-0.25, -0.2) is 35.2 Å². The fourth-order valence-corrected chi connectivity index (χ4v) is 17.7. The van der Waals surface area contributed by atoms with Crippen molar-refractivity contribution in [2.75, 3.05) is 83.9 Å². The van der Waals surface area contributed by atoms with Crippen LogP contribution >= 0.6 is 0 Å². The van der Waals surface area contributed by atoms with Crippen molar-refractivity contribution < 1.29 is 40.8 Å². The molecular formula is C77H90N14O9S2. The van der Waals surface area contributed by atoms with E-state index in [0.29, 0.717) is 103 Å². The molecule has 0 bridgehead atoms. The van der Waals surface area contributed by atoms with Gasteiger partial charge in [-0.2, -0.15) is 23.9 Å². The van der Waals surface area contributed by atoms with Crippen LogP contribution in [0.1, 0.15) is 169 Å². The van der Waals surface area contributed by atoms with Gasteiger partial charge in [-0.3, -0.25) is 24.0 Å². The quantitative estimate of drug-likeness (QED) is 0.0943. The average molecular weight is 1420 g/mol. The van der Waals surface area contributed by atoms with Crippen LogP contribution < -0.4 is 5.32 Å². The number of carbonyl (C=O) groups excluding carboxylic acids is 5. The Balaban J connectivity index is 0.000000144. The number of carbonyl (C=O) groups is 5. The molecule has 5 saturated heterocycles. The minimum absolute atomic E-state index is 0.0346. The number of hydrogen-bond acceptors (Lipinski definition) is 12. The molecule has 102 heavy (non-hydrogen) atoms. The summed E-state index contributed by atoms with van der Waals surface area (Å²) in [5.74, 6) is 1.47. The fourth-order valence-electron chi connectivity index (χ4n) is 14.7. The number of rotatable bonds is 15. The molecule has 534 valence electrons. The van der Waals surface area contributed by atoms with Gasteiger partial charge in [-0.1, -0.05) is 49.4 Å². The molecule has 3 aromatic carbocycles. The Morgan fingerprint density at radius 1 is 0.510 bits per heavy atom. The summed E-state index contributed by atoms with van der Waals surface area (Å²) < 4.78 is 60.5. The number of likely N-dealkylation sites (tertiary alicyclic amines) is 3. The van der Waals surface area contributed by atoms with E-state index in [9.17, 15) is 40.8 Å². The SMILES string of the molecule is CC1CCN(C(=O)c2cnn3ccc(C4CCN(S(=O)(=O)c5ccccc5)CC4)cc23)CC1.CCN(CC)C(=O)c1cnn2ccc(C3CCN(S(=O)(=O)c4ccc(NC(C)=O)cc4)CC3)cc12.[C-]#[N+]c1cccc(CC(=O)N2CCC(c3ccn4ncc(C(=O)N5CCCCC5)c4c3)CC2)c1. The molecule has 5 aliphatic rings. The van der Waals surface area contributed by atoms with E-state index >= 15 is 0 Å². The van der Waals surface area contributed by atoms with Gasteiger partial charge < -0.3 is 24.9 Å². The molecule has 5 fully saturated rings. The van der Waals surface area contributed by atoms with Crippen molar-refractivity contribution in [3.8, 4) is 0 Å². The molecule has 0 unspecified atom stereocenters. The van der Waals surface area contributed by atoms with Gasteiger partial charge in [0.1, 0.15) is 0 Å². The number of piperidine rings is 5. The Hall–Kier alpha value is -9.61. The summed E-state index contributed by atoms with van der Waals surface area (Å²) in [6.45, 7) is 22.5. The summed E-state index contributed by atoms with van der Waals surface area (Å²) in [4.78, 5) is 74.8. The van der Waals surface area contributed by atoms with Crippen molar-refractivity contribution in [3.63, 3.8) is 0 Å². The van der Waals surface area contributed by atoms with Gasteiger partial charge in [0, 0.05) is 110 Å². The van der Waals surface area contributed by atoms with Gasteiger partial charge in [0.2, 0.25) is 31.9 Å². The number of fused-ring (bicyclic) bond motifs is 3. The van der Waals surface area contributed by atoms with Crippen LogP contribution in [0.15, 0.2) is 162 Å². The molecule has 14 rings (SSSR count). The first-order valence-corrected chi connectivity index (χ1v) is 38.6. The second-order valence-electron chi connectivity index (χ2n) is 27.3. The van der Waals surface area contributed by atoms with E-state index in [1.165, 1.54) is 35.3 Å². The van der Waals surface area contributed by atoms with Crippen molar-refractivity contribution in [2.24, 2.45) is 5.92 Å². The number of nitrogens with zero attached hydrogens (tertiary/aromatic N) is 13. The highest BCUT2D eigenvalue weighted by Gasteiger charge is 2.34. The summed E-state index contributed by atoms with van der Waals surface area (Å²) in [6.07, 6.45) is 21.1. The second-order valence-corrected chi connectivity index (χ2v) is 31.2. The molecule has 11 heterocycles. The number of anilines is 1. The van der Waals surface area contributed by atoms with Gasteiger partial charge >= 0.3 is 0 Å². The van der Waals surface area contributed by atoms with Crippen LogP contribution in [0.4, 0.5) is 11.4 Å². The Bertz CT molecular complexity index is 4760. The molecule has 5 amide bonds. The van der Waals surface area contributed by atoms with Gasteiger partial charge in [0.05, 0.1) is 74.6 Å². The third-order valence-electron chi connectivity index (χ3n) is 20.9. The monoisotopic (exact) mass is 1420 g/mol. The van der Waals surface area contributed by atoms with Gasteiger partial charge in [0.25, 0.3) is 17.7 Å². The third-order valence-corrected chi connectivity index (χ3v) is 24.7. The maximum Gasteiger partial charge on any atom is 0.257 e. The molecule has 6 aromatic heterocycles. The normalized spacial score (nSPS) is 17.1. The summed E-state index contributed by atoms with van der Waals surface area (Å²) in [7, 11) is -7.07. The number of amides is 5. The number of benzene rings is 3. The Morgan fingerprint density at radius 2 is 0.951 bits per heavy atom. The first kappa shape index (κ1) is 72.2. The Labute approximate surface area is 597 Å². The van der Waals surface area contributed by atoms with Crippen molar-refractivity contribution in [2.45, 2.75) is 132 Å². The zero-order chi connectivity index (χ0) is 71.7. The molecule has 1 N–H and O–H groups in total. The Kier molecular flexibility index (Phi) is 22.8. The van der Waals surface area contributed by atoms with Crippen LogP contribution in [0.3, 0.4) is 0 Å². The highest BCUT2D eigenvalue weighted by Crippen LogP contribution is 2.36. The first-order chi connectivity index (χ1) is 49.3. The van der Waals surface area contributed by atoms with E-state index in [1.54, 1.807) is 89.9 Å². The minimum atomic E-state index is -3.62. The maximum absolute atomic E-state index is 13.2. The predicted molar refractivity (Wildman–Crippen MR) is 391 cm³/mol.